The van der Waals surface area contributed by atoms with Crippen molar-refractivity contribution in [3.8, 4) is 0 Å². The van der Waals surface area contributed by atoms with Crippen LogP contribution in [0, 0.1) is 0 Å². The van der Waals surface area contributed by atoms with Gasteiger partial charge in [-0.2, -0.15) is 5.10 Å². The van der Waals surface area contributed by atoms with Crippen molar-refractivity contribution in [3.05, 3.63) is 40.1 Å². The van der Waals surface area contributed by atoms with E-state index in [4.69, 9.17) is 17.3 Å². The standard InChI is InChI=1S/C11H12BrClN4O2S/c12-11-9(13)2-1-3-10(11)16-20(18,19)8-6-15-17(7-8)5-4-14/h1-3,6-7,16H,4-5,14H2. The third-order valence-corrected chi connectivity index (χ3v) is 5.19. The zero-order chi connectivity index (χ0) is 14.8. The molecule has 9 heteroatoms. The van der Waals surface area contributed by atoms with Gasteiger partial charge in [0, 0.05) is 12.7 Å². The van der Waals surface area contributed by atoms with E-state index in [0.29, 0.717) is 28.3 Å². The molecule has 0 aliphatic carbocycles. The fourth-order valence-corrected chi connectivity index (χ4v) is 3.22. The lowest BCUT2D eigenvalue weighted by atomic mass is 10.3. The van der Waals surface area contributed by atoms with Gasteiger partial charge in [0.15, 0.2) is 0 Å². The van der Waals surface area contributed by atoms with E-state index in [0.717, 1.165) is 0 Å². The zero-order valence-corrected chi connectivity index (χ0v) is 13.4. The van der Waals surface area contributed by atoms with Crippen molar-refractivity contribution in [1.29, 1.82) is 0 Å². The number of hydrogen-bond donors (Lipinski definition) is 2. The molecule has 0 saturated heterocycles. The van der Waals surface area contributed by atoms with Gasteiger partial charge in [-0.25, -0.2) is 8.42 Å². The van der Waals surface area contributed by atoms with Gasteiger partial charge in [0.1, 0.15) is 4.90 Å². The largest absolute Gasteiger partial charge is 0.329 e. The molecular formula is C11H12BrClN4O2S. The molecule has 108 valence electrons. The van der Waals surface area contributed by atoms with Gasteiger partial charge >= 0.3 is 0 Å². The molecule has 0 amide bonds. The number of nitrogens with zero attached hydrogens (tertiary/aromatic N) is 2. The van der Waals surface area contributed by atoms with Crippen LogP contribution in [0.1, 0.15) is 0 Å². The first kappa shape index (κ1) is 15.3. The molecule has 0 aliphatic rings. The predicted octanol–water partition coefficient (Wildman–Crippen LogP) is 2.06. The number of sulfonamides is 1. The minimum absolute atomic E-state index is 0.0674. The van der Waals surface area contributed by atoms with Crippen LogP contribution in [0.4, 0.5) is 5.69 Å². The maximum atomic E-state index is 12.2. The highest BCUT2D eigenvalue weighted by Gasteiger charge is 2.18. The average Bonchev–Trinajstić information content (AvgIpc) is 2.85. The lowest BCUT2D eigenvalue weighted by Crippen LogP contribution is -2.13. The van der Waals surface area contributed by atoms with Crippen molar-refractivity contribution in [2.45, 2.75) is 11.4 Å². The van der Waals surface area contributed by atoms with Gasteiger partial charge < -0.3 is 5.73 Å². The van der Waals surface area contributed by atoms with Gasteiger partial charge in [0.25, 0.3) is 10.0 Å². The SMILES string of the molecule is NCCn1cc(S(=O)(=O)Nc2cccc(Cl)c2Br)cn1. The average molecular weight is 380 g/mol. The molecule has 6 nitrogen and oxygen atoms in total. The predicted molar refractivity (Wildman–Crippen MR) is 81.2 cm³/mol. The molecule has 0 atom stereocenters. The summed E-state index contributed by atoms with van der Waals surface area (Å²) in [4.78, 5) is 0.0674. The molecule has 3 N–H and O–H groups in total. The molecule has 0 radical (unpaired) electrons. The summed E-state index contributed by atoms with van der Waals surface area (Å²) in [5, 5.41) is 4.35. The Balaban J connectivity index is 2.28. The first-order valence-corrected chi connectivity index (χ1v) is 8.29. The minimum atomic E-state index is -3.71. The van der Waals surface area contributed by atoms with Crippen LogP contribution < -0.4 is 10.5 Å². The second-order valence-electron chi connectivity index (χ2n) is 3.93. The molecule has 0 bridgehead atoms. The number of hydrogen-bond acceptors (Lipinski definition) is 4. The first-order chi connectivity index (χ1) is 9.44. The van der Waals surface area contributed by atoms with Crippen LogP contribution in [0.2, 0.25) is 5.02 Å². The number of aromatic nitrogens is 2. The molecular weight excluding hydrogens is 368 g/mol. The van der Waals surface area contributed by atoms with E-state index in [1.807, 2.05) is 0 Å². The van der Waals surface area contributed by atoms with E-state index < -0.39 is 10.0 Å². The van der Waals surface area contributed by atoms with E-state index in [9.17, 15) is 8.42 Å². The third kappa shape index (κ3) is 3.32. The summed E-state index contributed by atoms with van der Waals surface area (Å²) in [6.07, 6.45) is 2.70. The second-order valence-corrected chi connectivity index (χ2v) is 6.82. The van der Waals surface area contributed by atoms with Gasteiger partial charge in [-0.3, -0.25) is 9.40 Å². The second kappa shape index (κ2) is 6.13. The summed E-state index contributed by atoms with van der Waals surface area (Å²) in [5.74, 6) is 0. The molecule has 20 heavy (non-hydrogen) atoms. The van der Waals surface area contributed by atoms with Crippen LogP contribution in [0.5, 0.6) is 0 Å². The maximum absolute atomic E-state index is 12.2. The Morgan fingerprint density at radius 1 is 1.45 bits per heavy atom. The van der Waals surface area contributed by atoms with Crippen LogP contribution in [-0.2, 0) is 16.6 Å². The number of benzene rings is 1. The highest BCUT2D eigenvalue weighted by Crippen LogP contribution is 2.31. The lowest BCUT2D eigenvalue weighted by molar-refractivity contribution is 0.599. The summed E-state index contributed by atoms with van der Waals surface area (Å²) in [7, 11) is -3.71. The molecule has 0 spiro atoms. The number of anilines is 1. The van der Waals surface area contributed by atoms with Crippen LogP contribution >= 0.6 is 27.5 Å². The van der Waals surface area contributed by atoms with Gasteiger partial charge in [0.2, 0.25) is 0 Å². The van der Waals surface area contributed by atoms with Crippen LogP contribution in [0.25, 0.3) is 0 Å². The minimum Gasteiger partial charge on any atom is -0.329 e. The molecule has 0 aliphatic heterocycles. The van der Waals surface area contributed by atoms with E-state index in [2.05, 4.69) is 25.8 Å². The Kier molecular flexibility index (Phi) is 4.69. The van der Waals surface area contributed by atoms with E-state index in [1.54, 1.807) is 18.2 Å². The van der Waals surface area contributed by atoms with Gasteiger partial charge in [0.05, 0.1) is 27.9 Å². The molecule has 2 rings (SSSR count). The molecule has 1 heterocycles. The molecule has 0 fully saturated rings. The molecule has 1 aromatic carbocycles. The van der Waals surface area contributed by atoms with Crippen molar-refractivity contribution in [3.63, 3.8) is 0 Å². The molecule has 2 aromatic rings. The van der Waals surface area contributed by atoms with Gasteiger partial charge in [-0.15, -0.1) is 0 Å². The Bertz CT molecular complexity index is 717. The zero-order valence-electron chi connectivity index (χ0n) is 10.3. The summed E-state index contributed by atoms with van der Waals surface area (Å²) >= 11 is 9.16. The molecule has 0 saturated carbocycles. The summed E-state index contributed by atoms with van der Waals surface area (Å²) < 4.78 is 28.9. The lowest BCUT2D eigenvalue weighted by Gasteiger charge is -2.09. The third-order valence-electron chi connectivity index (χ3n) is 2.47. The van der Waals surface area contributed by atoms with Crippen LogP contribution in [0.3, 0.4) is 0 Å². The van der Waals surface area contributed by atoms with Crippen molar-refractivity contribution in [1.82, 2.24) is 9.78 Å². The number of rotatable bonds is 5. The van der Waals surface area contributed by atoms with Gasteiger partial charge in [-0.1, -0.05) is 17.7 Å². The number of nitrogens with two attached hydrogens (primary N) is 1. The van der Waals surface area contributed by atoms with Crippen LogP contribution in [-0.4, -0.2) is 24.7 Å². The van der Waals surface area contributed by atoms with Crippen molar-refractivity contribution < 1.29 is 8.42 Å². The summed E-state index contributed by atoms with van der Waals surface area (Å²) in [6.45, 7) is 0.838. The summed E-state index contributed by atoms with van der Waals surface area (Å²) in [5.41, 5.74) is 5.76. The van der Waals surface area contributed by atoms with E-state index in [-0.39, 0.29) is 4.90 Å². The number of halogens is 2. The highest BCUT2D eigenvalue weighted by molar-refractivity contribution is 9.10. The van der Waals surface area contributed by atoms with E-state index >= 15 is 0 Å². The van der Waals surface area contributed by atoms with Crippen molar-refractivity contribution in [2.75, 3.05) is 11.3 Å². The Labute approximate surface area is 130 Å². The van der Waals surface area contributed by atoms with Crippen molar-refractivity contribution >= 4 is 43.2 Å². The Morgan fingerprint density at radius 2 is 2.20 bits per heavy atom. The molecule has 1 aromatic heterocycles. The fourth-order valence-electron chi connectivity index (χ4n) is 1.52. The normalized spacial score (nSPS) is 11.6. The Morgan fingerprint density at radius 3 is 2.90 bits per heavy atom. The Hall–Kier alpha value is -1.09. The van der Waals surface area contributed by atoms with Crippen molar-refractivity contribution in [2.24, 2.45) is 5.73 Å². The smallest absolute Gasteiger partial charge is 0.265 e. The topological polar surface area (TPSA) is 90.0 Å². The summed E-state index contributed by atoms with van der Waals surface area (Å²) in [6, 6.07) is 4.92. The monoisotopic (exact) mass is 378 g/mol. The van der Waals surface area contributed by atoms with E-state index in [1.165, 1.54) is 17.1 Å². The quantitative estimate of drug-likeness (QED) is 0.832. The maximum Gasteiger partial charge on any atom is 0.265 e. The van der Waals surface area contributed by atoms with Crippen LogP contribution in [0.15, 0.2) is 40.0 Å². The highest BCUT2D eigenvalue weighted by atomic mass is 79.9. The fraction of sp³-hybridized carbons (Fsp3) is 0.182. The first-order valence-electron chi connectivity index (χ1n) is 5.63. The molecule has 0 unspecified atom stereocenters. The number of nitrogens with one attached hydrogen (secondary N) is 1. The van der Waals surface area contributed by atoms with Gasteiger partial charge in [-0.05, 0) is 28.1 Å².